The minimum atomic E-state index is -0.111. The summed E-state index contributed by atoms with van der Waals surface area (Å²) in [5.74, 6) is 2.12. The average Bonchev–Trinajstić information content (AvgIpc) is 3.24. The van der Waals surface area contributed by atoms with Crippen LogP contribution in [0.25, 0.3) is 5.69 Å². The summed E-state index contributed by atoms with van der Waals surface area (Å²) in [5, 5.41) is 13.0. The third-order valence-corrected chi connectivity index (χ3v) is 6.49. The van der Waals surface area contributed by atoms with Crippen LogP contribution in [0.15, 0.2) is 71.0 Å². The maximum absolute atomic E-state index is 12.5. The Kier molecular flexibility index (Phi) is 7.81. The number of benzene rings is 2. The summed E-state index contributed by atoms with van der Waals surface area (Å²) in [4.78, 5) is 21.5. The Morgan fingerprint density at radius 1 is 0.971 bits per heavy atom. The highest BCUT2D eigenvalue weighted by atomic mass is 32.2. The fraction of sp³-hybridized carbons (Fsp3) is 0.208. The van der Waals surface area contributed by atoms with Crippen molar-refractivity contribution in [3.63, 3.8) is 0 Å². The molecule has 0 unspecified atom stereocenters. The number of carbonyl (C=O) groups is 1. The van der Waals surface area contributed by atoms with E-state index in [0.717, 1.165) is 34.3 Å². The van der Waals surface area contributed by atoms with Crippen molar-refractivity contribution in [3.05, 3.63) is 77.9 Å². The molecule has 0 fully saturated rings. The van der Waals surface area contributed by atoms with Gasteiger partial charge in [0.25, 0.3) is 0 Å². The lowest BCUT2D eigenvalue weighted by atomic mass is 10.3. The second-order valence-electron chi connectivity index (χ2n) is 7.36. The number of methoxy groups -OCH3 is 1. The van der Waals surface area contributed by atoms with Crippen LogP contribution in [0.4, 0.5) is 5.69 Å². The quantitative estimate of drug-likeness (QED) is 0.265. The molecular weight excluding hydrogens is 468 g/mol. The van der Waals surface area contributed by atoms with Gasteiger partial charge in [-0.1, -0.05) is 41.7 Å². The third-order valence-electron chi connectivity index (χ3n) is 4.71. The Bertz CT molecular complexity index is 1240. The molecule has 4 aromatic rings. The number of ether oxygens (including phenoxy) is 1. The molecular formula is C24H24N6O2S2. The Hall–Kier alpha value is -3.37. The number of amides is 1. The summed E-state index contributed by atoms with van der Waals surface area (Å²) in [6.07, 6.45) is 0. The van der Waals surface area contributed by atoms with E-state index >= 15 is 0 Å². The van der Waals surface area contributed by atoms with Gasteiger partial charge in [-0.3, -0.25) is 9.36 Å². The summed E-state index contributed by atoms with van der Waals surface area (Å²) in [7, 11) is 1.63. The first-order valence-electron chi connectivity index (χ1n) is 10.5. The number of anilines is 1. The number of thioether (sulfide) groups is 2. The van der Waals surface area contributed by atoms with Crippen molar-refractivity contribution in [2.45, 2.75) is 29.9 Å². The Morgan fingerprint density at radius 2 is 1.68 bits per heavy atom. The lowest BCUT2D eigenvalue weighted by Crippen LogP contribution is -2.14. The smallest absolute Gasteiger partial charge is 0.234 e. The van der Waals surface area contributed by atoms with Crippen molar-refractivity contribution in [1.82, 2.24) is 24.7 Å². The van der Waals surface area contributed by atoms with Gasteiger partial charge < -0.3 is 10.1 Å². The Labute approximate surface area is 206 Å². The predicted octanol–water partition coefficient (Wildman–Crippen LogP) is 4.71. The molecule has 4 rings (SSSR count). The number of aromatic nitrogens is 5. The van der Waals surface area contributed by atoms with Gasteiger partial charge in [-0.15, -0.1) is 10.2 Å². The van der Waals surface area contributed by atoms with Gasteiger partial charge in [0.2, 0.25) is 5.91 Å². The second kappa shape index (κ2) is 11.2. The second-order valence-corrected chi connectivity index (χ2v) is 9.24. The molecule has 0 aliphatic carbocycles. The van der Waals surface area contributed by atoms with Crippen molar-refractivity contribution >= 4 is 35.1 Å². The van der Waals surface area contributed by atoms with Gasteiger partial charge in [0.1, 0.15) is 11.6 Å². The molecule has 0 aliphatic rings. The molecule has 2 heterocycles. The van der Waals surface area contributed by atoms with Crippen LogP contribution in [-0.2, 0) is 10.5 Å². The van der Waals surface area contributed by atoms with Gasteiger partial charge >= 0.3 is 0 Å². The molecule has 0 saturated heterocycles. The van der Waals surface area contributed by atoms with E-state index < -0.39 is 0 Å². The number of aryl methyl sites for hydroxylation is 2. The van der Waals surface area contributed by atoms with Crippen LogP contribution in [0.2, 0.25) is 0 Å². The number of rotatable bonds is 9. The molecule has 2 aromatic heterocycles. The van der Waals surface area contributed by atoms with E-state index in [1.807, 2.05) is 79.1 Å². The van der Waals surface area contributed by atoms with Crippen molar-refractivity contribution in [1.29, 1.82) is 0 Å². The highest BCUT2D eigenvalue weighted by molar-refractivity contribution is 7.99. The molecule has 10 heteroatoms. The maximum Gasteiger partial charge on any atom is 0.234 e. The van der Waals surface area contributed by atoms with E-state index in [4.69, 9.17) is 4.74 Å². The van der Waals surface area contributed by atoms with E-state index in [1.165, 1.54) is 23.5 Å². The molecule has 1 amide bonds. The van der Waals surface area contributed by atoms with Crippen LogP contribution >= 0.6 is 23.5 Å². The zero-order valence-electron chi connectivity index (χ0n) is 19.1. The van der Waals surface area contributed by atoms with Crippen molar-refractivity contribution in [2.75, 3.05) is 18.2 Å². The number of para-hydroxylation sites is 1. The summed E-state index contributed by atoms with van der Waals surface area (Å²) < 4.78 is 7.24. The first kappa shape index (κ1) is 23.8. The topological polar surface area (TPSA) is 94.8 Å². The Balaban J connectivity index is 1.54. The first-order chi connectivity index (χ1) is 16.5. The van der Waals surface area contributed by atoms with Crippen LogP contribution in [0, 0.1) is 13.8 Å². The lowest BCUT2D eigenvalue weighted by Gasteiger charge is -2.11. The molecule has 8 nitrogen and oxygen atoms in total. The minimum absolute atomic E-state index is 0.111. The number of hydrogen-bond donors (Lipinski definition) is 1. The highest BCUT2D eigenvalue weighted by Crippen LogP contribution is 2.27. The lowest BCUT2D eigenvalue weighted by molar-refractivity contribution is -0.113. The van der Waals surface area contributed by atoms with Gasteiger partial charge in [-0.25, -0.2) is 9.97 Å². The normalized spacial score (nSPS) is 10.8. The standard InChI is InChI=1S/C24H24N6O2S2/c1-16-13-17(2)26-23(25-16)33-14-21-28-29-24(30(21)19-9-11-20(32-3)12-10-19)34-15-22(31)27-18-7-5-4-6-8-18/h4-13H,14-15H2,1-3H3,(H,27,31). The monoisotopic (exact) mass is 492 g/mol. The Morgan fingerprint density at radius 3 is 2.35 bits per heavy atom. The summed E-state index contributed by atoms with van der Waals surface area (Å²) in [6, 6.07) is 19.0. The van der Waals surface area contributed by atoms with Gasteiger partial charge in [-0.05, 0) is 56.3 Å². The van der Waals surface area contributed by atoms with Crippen LogP contribution < -0.4 is 10.1 Å². The molecule has 0 atom stereocenters. The molecule has 0 spiro atoms. The van der Waals surface area contributed by atoms with E-state index in [2.05, 4.69) is 25.5 Å². The van der Waals surface area contributed by atoms with E-state index in [1.54, 1.807) is 7.11 Å². The van der Waals surface area contributed by atoms with Gasteiger partial charge in [0.15, 0.2) is 10.3 Å². The fourth-order valence-corrected chi connectivity index (χ4v) is 4.85. The van der Waals surface area contributed by atoms with Gasteiger partial charge in [0, 0.05) is 22.8 Å². The summed E-state index contributed by atoms with van der Waals surface area (Å²) >= 11 is 2.83. The number of nitrogens with one attached hydrogen (secondary N) is 1. The highest BCUT2D eigenvalue weighted by Gasteiger charge is 2.17. The summed E-state index contributed by atoms with van der Waals surface area (Å²) in [6.45, 7) is 3.90. The minimum Gasteiger partial charge on any atom is -0.497 e. The number of hydrogen-bond acceptors (Lipinski definition) is 8. The van der Waals surface area contributed by atoms with Crippen LogP contribution in [-0.4, -0.2) is 43.5 Å². The molecule has 174 valence electrons. The van der Waals surface area contributed by atoms with Crippen molar-refractivity contribution < 1.29 is 9.53 Å². The molecule has 0 bridgehead atoms. The zero-order valence-corrected chi connectivity index (χ0v) is 20.7. The van der Waals surface area contributed by atoms with Crippen LogP contribution in [0.1, 0.15) is 17.2 Å². The molecule has 0 radical (unpaired) electrons. The predicted molar refractivity (Wildman–Crippen MR) is 135 cm³/mol. The molecule has 0 aliphatic heterocycles. The molecule has 0 saturated carbocycles. The van der Waals surface area contributed by atoms with Crippen LogP contribution in [0.3, 0.4) is 0 Å². The van der Waals surface area contributed by atoms with Crippen LogP contribution in [0.5, 0.6) is 5.75 Å². The SMILES string of the molecule is COc1ccc(-n2c(CSc3nc(C)cc(C)n3)nnc2SCC(=O)Nc2ccccc2)cc1. The number of carbonyl (C=O) groups excluding carboxylic acids is 1. The summed E-state index contributed by atoms with van der Waals surface area (Å²) in [5.41, 5.74) is 3.49. The average molecular weight is 493 g/mol. The van der Waals surface area contributed by atoms with E-state index in [9.17, 15) is 4.79 Å². The van der Waals surface area contributed by atoms with Gasteiger partial charge in [-0.2, -0.15) is 0 Å². The first-order valence-corrected chi connectivity index (χ1v) is 12.5. The molecule has 34 heavy (non-hydrogen) atoms. The van der Waals surface area contributed by atoms with E-state index in [-0.39, 0.29) is 11.7 Å². The largest absolute Gasteiger partial charge is 0.497 e. The molecule has 1 N–H and O–H groups in total. The number of nitrogens with zero attached hydrogens (tertiary/aromatic N) is 5. The maximum atomic E-state index is 12.5. The van der Waals surface area contributed by atoms with Crippen molar-refractivity contribution in [2.24, 2.45) is 0 Å². The fourth-order valence-electron chi connectivity index (χ4n) is 3.21. The zero-order chi connectivity index (χ0) is 23.9. The van der Waals surface area contributed by atoms with Crippen molar-refractivity contribution in [3.8, 4) is 11.4 Å². The van der Waals surface area contributed by atoms with Gasteiger partial charge in [0.05, 0.1) is 18.6 Å². The van der Waals surface area contributed by atoms with E-state index in [0.29, 0.717) is 16.1 Å². The molecule has 2 aromatic carbocycles. The third kappa shape index (κ3) is 6.15.